The highest BCUT2D eigenvalue weighted by molar-refractivity contribution is 6.00. The van der Waals surface area contributed by atoms with Gasteiger partial charge in [-0.2, -0.15) is 0 Å². The molecule has 0 radical (unpaired) electrons. The average Bonchev–Trinajstić information content (AvgIpc) is 3.39. The van der Waals surface area contributed by atoms with Crippen LogP contribution in [0.5, 0.6) is 11.5 Å². The van der Waals surface area contributed by atoms with Crippen LogP contribution in [0.25, 0.3) is 0 Å². The smallest absolute Gasteiger partial charge is 0.228 e. The monoisotopic (exact) mass is 412 g/mol. The molecule has 2 atom stereocenters. The molecular formula is C23H25FN2O4. The van der Waals surface area contributed by atoms with Gasteiger partial charge >= 0.3 is 0 Å². The van der Waals surface area contributed by atoms with Crippen LogP contribution in [0.3, 0.4) is 0 Å². The number of halogens is 1. The molecule has 2 aliphatic rings. The Kier molecular flexibility index (Phi) is 5.61. The quantitative estimate of drug-likeness (QED) is 0.754. The van der Waals surface area contributed by atoms with E-state index in [0.717, 1.165) is 18.4 Å². The lowest BCUT2D eigenvalue weighted by Crippen LogP contribution is -2.37. The number of likely N-dealkylation sites (tertiary alicyclic amines) is 1. The summed E-state index contributed by atoms with van der Waals surface area (Å²) in [6, 6.07) is 11.4. The zero-order valence-corrected chi connectivity index (χ0v) is 17.1. The van der Waals surface area contributed by atoms with E-state index in [-0.39, 0.29) is 30.8 Å². The van der Waals surface area contributed by atoms with Gasteiger partial charge in [0.15, 0.2) is 0 Å². The zero-order chi connectivity index (χ0) is 21.3. The fourth-order valence-corrected chi connectivity index (χ4v) is 4.45. The Balaban J connectivity index is 1.54. The molecule has 0 bridgehead atoms. The van der Waals surface area contributed by atoms with Crippen molar-refractivity contribution in [2.75, 3.05) is 32.2 Å². The van der Waals surface area contributed by atoms with Gasteiger partial charge in [-0.25, -0.2) is 4.39 Å². The lowest BCUT2D eigenvalue weighted by molar-refractivity contribution is -0.136. The number of anilines is 1. The number of ether oxygens (including phenoxy) is 2. The third kappa shape index (κ3) is 3.72. The van der Waals surface area contributed by atoms with E-state index in [0.29, 0.717) is 23.7 Å². The van der Waals surface area contributed by atoms with Crippen molar-refractivity contribution in [2.45, 2.75) is 25.3 Å². The average molecular weight is 412 g/mol. The fourth-order valence-electron chi connectivity index (χ4n) is 4.45. The third-order valence-electron chi connectivity index (χ3n) is 5.93. The topological polar surface area (TPSA) is 59.1 Å². The van der Waals surface area contributed by atoms with Crippen molar-refractivity contribution in [3.05, 3.63) is 53.8 Å². The standard InChI is InChI=1S/C23H25FN2O4/c1-29-18-8-9-19(21(13-18)30-2)20-7-4-10-25(20)23(28)15-11-22(27)26(14-15)17-6-3-5-16(24)12-17/h3,5-6,8-9,12-13,15,20H,4,7,10-11,14H2,1-2H3. The molecule has 0 N–H and O–H groups in total. The van der Waals surface area contributed by atoms with Crippen LogP contribution in [0.1, 0.15) is 30.9 Å². The second kappa shape index (κ2) is 8.34. The van der Waals surface area contributed by atoms with E-state index in [4.69, 9.17) is 9.47 Å². The summed E-state index contributed by atoms with van der Waals surface area (Å²) in [5, 5.41) is 0. The summed E-state index contributed by atoms with van der Waals surface area (Å²) in [5.41, 5.74) is 1.43. The van der Waals surface area contributed by atoms with Gasteiger partial charge in [-0.1, -0.05) is 6.07 Å². The van der Waals surface area contributed by atoms with E-state index in [1.165, 1.54) is 17.0 Å². The molecule has 2 amide bonds. The Morgan fingerprint density at radius 2 is 1.97 bits per heavy atom. The van der Waals surface area contributed by atoms with Crippen molar-refractivity contribution in [1.29, 1.82) is 0 Å². The van der Waals surface area contributed by atoms with Crippen LogP contribution in [0.4, 0.5) is 10.1 Å². The Hall–Kier alpha value is -3.09. The summed E-state index contributed by atoms with van der Waals surface area (Å²) < 4.78 is 24.4. The zero-order valence-electron chi connectivity index (χ0n) is 17.1. The molecule has 2 aliphatic heterocycles. The second-order valence-corrected chi connectivity index (χ2v) is 7.68. The molecule has 2 aromatic carbocycles. The summed E-state index contributed by atoms with van der Waals surface area (Å²) >= 11 is 0. The number of amides is 2. The molecular weight excluding hydrogens is 387 g/mol. The van der Waals surface area contributed by atoms with Crippen LogP contribution in [0.2, 0.25) is 0 Å². The predicted molar refractivity (Wildman–Crippen MR) is 110 cm³/mol. The van der Waals surface area contributed by atoms with Gasteiger partial charge < -0.3 is 19.3 Å². The second-order valence-electron chi connectivity index (χ2n) is 7.68. The molecule has 4 rings (SSSR count). The normalized spacial score (nSPS) is 21.2. The number of hydrogen-bond donors (Lipinski definition) is 0. The van der Waals surface area contributed by atoms with Gasteiger partial charge in [-0.15, -0.1) is 0 Å². The fraction of sp³-hybridized carbons (Fsp3) is 0.391. The van der Waals surface area contributed by atoms with E-state index in [2.05, 4.69) is 0 Å². The van der Waals surface area contributed by atoms with Crippen molar-refractivity contribution in [2.24, 2.45) is 5.92 Å². The van der Waals surface area contributed by atoms with Crippen LogP contribution >= 0.6 is 0 Å². The van der Waals surface area contributed by atoms with Crippen LogP contribution in [0.15, 0.2) is 42.5 Å². The molecule has 30 heavy (non-hydrogen) atoms. The van der Waals surface area contributed by atoms with E-state index in [9.17, 15) is 14.0 Å². The number of hydrogen-bond acceptors (Lipinski definition) is 4. The first-order valence-electron chi connectivity index (χ1n) is 10.1. The van der Waals surface area contributed by atoms with Crippen molar-refractivity contribution < 1.29 is 23.5 Å². The Bertz CT molecular complexity index is 964. The number of carbonyl (C=O) groups is 2. The maximum absolute atomic E-state index is 13.6. The van der Waals surface area contributed by atoms with Crippen LogP contribution < -0.4 is 14.4 Å². The molecule has 0 aromatic heterocycles. The van der Waals surface area contributed by atoms with Crippen molar-refractivity contribution >= 4 is 17.5 Å². The summed E-state index contributed by atoms with van der Waals surface area (Å²) in [6.07, 6.45) is 1.86. The first-order chi connectivity index (χ1) is 14.5. The summed E-state index contributed by atoms with van der Waals surface area (Å²) in [5.74, 6) is 0.341. The summed E-state index contributed by atoms with van der Waals surface area (Å²) in [6.45, 7) is 0.910. The van der Waals surface area contributed by atoms with Gasteiger partial charge in [0.2, 0.25) is 11.8 Å². The minimum atomic E-state index is -0.439. The van der Waals surface area contributed by atoms with Gasteiger partial charge in [0.25, 0.3) is 0 Å². The molecule has 158 valence electrons. The van der Waals surface area contributed by atoms with Crippen molar-refractivity contribution in [3.63, 3.8) is 0 Å². The van der Waals surface area contributed by atoms with Gasteiger partial charge in [-0.3, -0.25) is 9.59 Å². The minimum absolute atomic E-state index is 0.0392. The number of methoxy groups -OCH3 is 2. The first-order valence-corrected chi connectivity index (χ1v) is 10.1. The lowest BCUT2D eigenvalue weighted by Gasteiger charge is -2.28. The van der Waals surface area contributed by atoms with E-state index in [1.54, 1.807) is 26.4 Å². The molecule has 0 spiro atoms. The van der Waals surface area contributed by atoms with Crippen molar-refractivity contribution in [1.82, 2.24) is 4.90 Å². The Labute approximate surface area is 175 Å². The highest BCUT2D eigenvalue weighted by Gasteiger charge is 2.41. The molecule has 2 heterocycles. The first kappa shape index (κ1) is 20.2. The maximum atomic E-state index is 13.6. The van der Waals surface area contributed by atoms with E-state index >= 15 is 0 Å². The lowest BCUT2D eigenvalue weighted by atomic mass is 10.0. The van der Waals surface area contributed by atoms with E-state index < -0.39 is 11.7 Å². The molecule has 6 nitrogen and oxygen atoms in total. The number of benzene rings is 2. The molecule has 2 unspecified atom stereocenters. The highest BCUT2D eigenvalue weighted by atomic mass is 19.1. The SMILES string of the molecule is COc1ccc(C2CCCN2C(=O)C2CC(=O)N(c3cccc(F)c3)C2)c(OC)c1. The van der Waals surface area contributed by atoms with Gasteiger partial charge in [0.1, 0.15) is 17.3 Å². The van der Waals surface area contributed by atoms with Crippen LogP contribution in [0, 0.1) is 11.7 Å². The van der Waals surface area contributed by atoms with Gasteiger partial charge in [0.05, 0.1) is 26.2 Å². The minimum Gasteiger partial charge on any atom is -0.497 e. The van der Waals surface area contributed by atoms with Gasteiger partial charge in [0, 0.05) is 36.8 Å². The Morgan fingerprint density at radius 3 is 2.70 bits per heavy atom. The molecule has 2 fully saturated rings. The molecule has 7 heteroatoms. The Morgan fingerprint density at radius 1 is 1.13 bits per heavy atom. The molecule has 2 aromatic rings. The number of rotatable bonds is 5. The van der Waals surface area contributed by atoms with Gasteiger partial charge in [-0.05, 0) is 43.2 Å². The number of carbonyl (C=O) groups excluding carboxylic acids is 2. The predicted octanol–water partition coefficient (Wildman–Crippen LogP) is 3.56. The maximum Gasteiger partial charge on any atom is 0.228 e. The van der Waals surface area contributed by atoms with Crippen molar-refractivity contribution in [3.8, 4) is 11.5 Å². The van der Waals surface area contributed by atoms with Crippen LogP contribution in [-0.2, 0) is 9.59 Å². The largest absolute Gasteiger partial charge is 0.497 e. The van der Waals surface area contributed by atoms with E-state index in [1.807, 2.05) is 23.1 Å². The number of nitrogens with zero attached hydrogens (tertiary/aromatic N) is 2. The molecule has 0 saturated carbocycles. The summed E-state index contributed by atoms with van der Waals surface area (Å²) in [7, 11) is 3.20. The molecule has 2 saturated heterocycles. The summed E-state index contributed by atoms with van der Waals surface area (Å²) in [4.78, 5) is 29.3. The van der Waals surface area contributed by atoms with Crippen LogP contribution in [-0.4, -0.2) is 44.0 Å². The third-order valence-corrected chi connectivity index (χ3v) is 5.93. The molecule has 0 aliphatic carbocycles. The highest BCUT2D eigenvalue weighted by Crippen LogP contribution is 2.40.